The Morgan fingerprint density at radius 1 is 1.40 bits per heavy atom. The lowest BCUT2D eigenvalue weighted by Gasteiger charge is -2.08. The first-order chi connectivity index (χ1) is 6.94. The standard InChI is InChI=1S/C8H8ClO5P/c1-6(10)7-2-4-8(5-3-7)13-15(11,12)14-9/h2-5H,1H3,(H,11,12). The maximum atomic E-state index is 10.9. The Morgan fingerprint density at radius 3 is 2.33 bits per heavy atom. The number of carbonyl (C=O) groups is 1. The van der Waals surface area contributed by atoms with Crippen LogP contribution >= 0.6 is 19.7 Å². The van der Waals surface area contributed by atoms with Gasteiger partial charge in [0.05, 0.1) is 11.9 Å². The number of phosphoric acid groups is 1. The normalized spacial score (nSPS) is 14.3. The van der Waals surface area contributed by atoms with Crippen LogP contribution in [0.25, 0.3) is 0 Å². The van der Waals surface area contributed by atoms with Crippen LogP contribution in [0, 0.1) is 0 Å². The Hall–Kier alpha value is -0.870. The molecular weight excluding hydrogens is 243 g/mol. The Labute approximate surface area is 91.4 Å². The SMILES string of the molecule is CC(=O)c1ccc(OP(=O)(O)OCl)cc1. The average molecular weight is 251 g/mol. The van der Waals surface area contributed by atoms with E-state index in [4.69, 9.17) is 16.8 Å². The quantitative estimate of drug-likeness (QED) is 0.657. The summed E-state index contributed by atoms with van der Waals surface area (Å²) in [5, 5.41) is 0. The fraction of sp³-hybridized carbons (Fsp3) is 0.125. The van der Waals surface area contributed by atoms with Gasteiger partial charge < -0.3 is 4.52 Å². The highest BCUT2D eigenvalue weighted by atomic mass is 35.5. The zero-order chi connectivity index (χ0) is 11.5. The summed E-state index contributed by atoms with van der Waals surface area (Å²) in [4.78, 5) is 19.8. The highest BCUT2D eigenvalue weighted by molar-refractivity contribution is 7.48. The third-order valence-corrected chi connectivity index (χ3v) is 2.71. The van der Waals surface area contributed by atoms with Gasteiger partial charge in [-0.15, -0.1) is 0 Å². The number of hydrogen-bond acceptors (Lipinski definition) is 4. The maximum absolute atomic E-state index is 10.9. The summed E-state index contributed by atoms with van der Waals surface area (Å²) in [6.07, 6.45) is 0. The predicted molar refractivity (Wildman–Crippen MR) is 53.8 cm³/mol. The number of hydrogen-bond donors (Lipinski definition) is 1. The van der Waals surface area contributed by atoms with E-state index in [1.54, 1.807) is 0 Å². The molecule has 1 rings (SSSR count). The summed E-state index contributed by atoms with van der Waals surface area (Å²) in [6, 6.07) is 5.67. The van der Waals surface area contributed by atoms with Gasteiger partial charge in [0, 0.05) is 5.56 Å². The molecular formula is C8H8ClO5P. The van der Waals surface area contributed by atoms with Crippen molar-refractivity contribution in [1.29, 1.82) is 0 Å². The van der Waals surface area contributed by atoms with Crippen molar-refractivity contribution in [1.82, 2.24) is 0 Å². The van der Waals surface area contributed by atoms with E-state index in [2.05, 4.69) is 8.60 Å². The van der Waals surface area contributed by atoms with E-state index < -0.39 is 7.82 Å². The molecule has 0 spiro atoms. The largest absolute Gasteiger partial charge is 0.544 e. The van der Waals surface area contributed by atoms with Crippen LogP contribution in [0.15, 0.2) is 24.3 Å². The summed E-state index contributed by atoms with van der Waals surface area (Å²) >= 11 is 4.73. The Balaban J connectivity index is 2.82. The molecule has 0 fully saturated rings. The Kier molecular flexibility index (Phi) is 3.88. The molecule has 0 aliphatic rings. The van der Waals surface area contributed by atoms with Gasteiger partial charge in [-0.05, 0) is 31.2 Å². The van der Waals surface area contributed by atoms with Crippen molar-refractivity contribution in [2.75, 3.05) is 0 Å². The molecule has 1 atom stereocenters. The second-order valence-electron chi connectivity index (χ2n) is 2.71. The number of rotatable bonds is 4. The predicted octanol–water partition coefficient (Wildman–Crippen LogP) is 2.54. The van der Waals surface area contributed by atoms with Crippen molar-refractivity contribution in [3.05, 3.63) is 29.8 Å². The summed E-state index contributed by atoms with van der Waals surface area (Å²) in [7, 11) is -4.25. The maximum Gasteiger partial charge on any atom is 0.544 e. The van der Waals surface area contributed by atoms with Gasteiger partial charge in [0.2, 0.25) is 0 Å². The molecule has 15 heavy (non-hydrogen) atoms. The van der Waals surface area contributed by atoms with E-state index in [-0.39, 0.29) is 11.5 Å². The van der Waals surface area contributed by atoms with Crippen LogP contribution in [0.4, 0.5) is 0 Å². The van der Waals surface area contributed by atoms with Crippen molar-refractivity contribution in [3.63, 3.8) is 0 Å². The molecule has 0 aromatic heterocycles. The second-order valence-corrected chi connectivity index (χ2v) is 4.38. The van der Waals surface area contributed by atoms with Gasteiger partial charge >= 0.3 is 7.82 Å². The van der Waals surface area contributed by atoms with Crippen molar-refractivity contribution < 1.29 is 22.9 Å². The lowest BCUT2D eigenvalue weighted by atomic mass is 10.1. The third kappa shape index (κ3) is 3.64. The van der Waals surface area contributed by atoms with Crippen molar-refractivity contribution in [2.45, 2.75) is 6.92 Å². The van der Waals surface area contributed by atoms with Crippen LogP contribution in [-0.2, 0) is 8.64 Å². The van der Waals surface area contributed by atoms with E-state index in [1.807, 2.05) is 0 Å². The minimum absolute atomic E-state index is 0.0893. The molecule has 0 radical (unpaired) electrons. The molecule has 0 aliphatic carbocycles. The molecule has 0 heterocycles. The average Bonchev–Trinajstić information content (AvgIpc) is 2.18. The van der Waals surface area contributed by atoms with Gasteiger partial charge in [-0.1, -0.05) is 0 Å². The lowest BCUT2D eigenvalue weighted by molar-refractivity contribution is 0.101. The van der Waals surface area contributed by atoms with Gasteiger partial charge in [-0.2, -0.15) is 4.08 Å². The molecule has 1 N–H and O–H groups in total. The van der Waals surface area contributed by atoms with E-state index in [0.717, 1.165) is 0 Å². The van der Waals surface area contributed by atoms with Crippen LogP contribution in [-0.4, -0.2) is 10.7 Å². The molecule has 0 amide bonds. The van der Waals surface area contributed by atoms with Crippen molar-refractivity contribution in [2.24, 2.45) is 0 Å². The van der Waals surface area contributed by atoms with E-state index in [0.29, 0.717) is 5.56 Å². The van der Waals surface area contributed by atoms with E-state index >= 15 is 0 Å². The number of Topliss-reactive ketones (excluding diaryl/α,β-unsaturated/α-hetero) is 1. The first-order valence-corrected chi connectivity index (χ1v) is 5.69. The molecule has 0 bridgehead atoms. The van der Waals surface area contributed by atoms with Crippen LogP contribution < -0.4 is 4.52 Å². The van der Waals surface area contributed by atoms with Gasteiger partial charge in [0.1, 0.15) is 5.75 Å². The number of carbonyl (C=O) groups excluding carboxylic acids is 1. The number of halogens is 1. The van der Waals surface area contributed by atoms with Gasteiger partial charge in [0.15, 0.2) is 5.78 Å². The minimum atomic E-state index is -4.25. The summed E-state index contributed by atoms with van der Waals surface area (Å²) < 4.78 is 19.1. The third-order valence-electron chi connectivity index (χ3n) is 1.57. The first kappa shape index (κ1) is 12.2. The second kappa shape index (κ2) is 4.77. The first-order valence-electron chi connectivity index (χ1n) is 3.88. The fourth-order valence-corrected chi connectivity index (χ4v) is 1.40. The van der Waals surface area contributed by atoms with Gasteiger partial charge in [0.25, 0.3) is 0 Å². The highest BCUT2D eigenvalue weighted by Crippen LogP contribution is 2.44. The number of benzene rings is 1. The zero-order valence-corrected chi connectivity index (χ0v) is 9.37. The number of phosphoric ester groups is 1. The smallest absolute Gasteiger partial charge is 0.403 e. The molecule has 1 unspecified atom stereocenters. The van der Waals surface area contributed by atoms with Crippen molar-refractivity contribution in [3.8, 4) is 5.75 Å². The van der Waals surface area contributed by atoms with Crippen molar-refractivity contribution >= 4 is 25.5 Å². The lowest BCUT2D eigenvalue weighted by Crippen LogP contribution is -1.94. The molecule has 0 saturated heterocycles. The fourth-order valence-electron chi connectivity index (χ4n) is 0.898. The Morgan fingerprint density at radius 2 is 1.93 bits per heavy atom. The van der Waals surface area contributed by atoms with E-state index in [1.165, 1.54) is 31.2 Å². The zero-order valence-electron chi connectivity index (χ0n) is 7.71. The summed E-state index contributed by atoms with van der Waals surface area (Å²) in [5.41, 5.74) is 0.474. The van der Waals surface area contributed by atoms with Crippen LogP contribution in [0.3, 0.4) is 0 Å². The molecule has 7 heteroatoms. The summed E-state index contributed by atoms with van der Waals surface area (Å²) in [6.45, 7) is 1.41. The molecule has 1 aromatic carbocycles. The molecule has 5 nitrogen and oxygen atoms in total. The van der Waals surface area contributed by atoms with Crippen LogP contribution in [0.5, 0.6) is 5.75 Å². The highest BCUT2D eigenvalue weighted by Gasteiger charge is 2.22. The summed E-state index contributed by atoms with van der Waals surface area (Å²) in [5.74, 6) is -0.0196. The van der Waals surface area contributed by atoms with Crippen LogP contribution in [0.1, 0.15) is 17.3 Å². The molecule has 0 saturated carbocycles. The Bertz CT molecular complexity index is 402. The van der Waals surface area contributed by atoms with Gasteiger partial charge in [-0.3, -0.25) is 9.69 Å². The number of ketones is 1. The monoisotopic (exact) mass is 250 g/mol. The molecule has 0 aliphatic heterocycles. The van der Waals surface area contributed by atoms with Gasteiger partial charge in [-0.25, -0.2) is 4.57 Å². The molecule has 1 aromatic rings. The molecule has 82 valence electrons. The minimum Gasteiger partial charge on any atom is -0.403 e. The topological polar surface area (TPSA) is 72.8 Å². The van der Waals surface area contributed by atoms with Crippen LogP contribution in [0.2, 0.25) is 0 Å². The van der Waals surface area contributed by atoms with E-state index in [9.17, 15) is 9.36 Å².